The fourth-order valence-corrected chi connectivity index (χ4v) is 4.13. The minimum Gasteiger partial charge on any atom is -0.444 e. The van der Waals surface area contributed by atoms with Crippen LogP contribution in [-0.4, -0.2) is 192 Å². The fraction of sp³-hybridized carbons (Fsp3) is 0.806. The van der Waals surface area contributed by atoms with Crippen LogP contribution in [0.4, 0.5) is 21.9 Å². The summed E-state index contributed by atoms with van der Waals surface area (Å²) in [6, 6.07) is 3.42. The van der Waals surface area contributed by atoms with Crippen molar-refractivity contribution in [3.8, 4) is 0 Å². The molecule has 1 amide bonds. The van der Waals surface area contributed by atoms with Crippen molar-refractivity contribution in [2.24, 2.45) is 0 Å². The van der Waals surface area contributed by atoms with Gasteiger partial charge in [0.05, 0.1) is 161 Å². The number of likely N-dealkylation sites (N-methyl/N-ethyl adjacent to an activating group) is 1. The summed E-state index contributed by atoms with van der Waals surface area (Å²) in [7, 11) is 1.67. The first-order valence-electron chi connectivity index (χ1n) is 19.0. The topological polar surface area (TPSA) is 229 Å². The van der Waals surface area contributed by atoms with Gasteiger partial charge in [-0.3, -0.25) is 20.2 Å². The van der Waals surface area contributed by atoms with E-state index in [1.807, 2.05) is 20.8 Å². The van der Waals surface area contributed by atoms with Crippen LogP contribution in [0.5, 0.6) is 0 Å². The van der Waals surface area contributed by atoms with Gasteiger partial charge in [-0.25, -0.2) is 4.79 Å². The maximum atomic E-state index is 11.9. The van der Waals surface area contributed by atoms with Gasteiger partial charge in [-0.15, -0.1) is 0 Å². The maximum absolute atomic E-state index is 11.9. The van der Waals surface area contributed by atoms with Crippen LogP contribution >= 0.6 is 0 Å². The summed E-state index contributed by atoms with van der Waals surface area (Å²) in [4.78, 5) is 34.0. The van der Waals surface area contributed by atoms with E-state index >= 15 is 0 Å². The lowest BCUT2D eigenvalue weighted by Crippen LogP contribution is -2.36. The molecule has 1 rings (SSSR count). The van der Waals surface area contributed by atoms with Crippen molar-refractivity contribution in [1.82, 2.24) is 4.90 Å². The average molecular weight is 825 g/mol. The van der Waals surface area contributed by atoms with Crippen molar-refractivity contribution >= 4 is 23.2 Å². The minimum atomic E-state index is -0.684. The van der Waals surface area contributed by atoms with Crippen LogP contribution in [0.3, 0.4) is 0 Å². The Morgan fingerprint density at radius 3 is 1.21 bits per heavy atom. The SMILES string of the molecule is CN(CCOCCOCCOCCOCCOCCOCCOCCOCCOCCOCCOCCNc1ccc([N+](=O)[O-])cc1[N+](=O)[O-])C(=O)OC(C)(C)C. The zero-order chi connectivity index (χ0) is 41.8. The second kappa shape index (κ2) is 34.7. The summed E-state index contributed by atoms with van der Waals surface area (Å²) in [6.45, 7) is 15.6. The van der Waals surface area contributed by atoms with Crippen LogP contribution in [0, 0.1) is 20.2 Å². The first-order chi connectivity index (χ1) is 27.5. The Balaban J connectivity index is 1.72. The van der Waals surface area contributed by atoms with E-state index in [0.29, 0.717) is 145 Å². The highest BCUT2D eigenvalue weighted by Crippen LogP contribution is 2.28. The Labute approximate surface area is 335 Å². The third-order valence-corrected chi connectivity index (χ3v) is 6.95. The van der Waals surface area contributed by atoms with Gasteiger partial charge in [0, 0.05) is 26.2 Å². The molecule has 0 saturated carbocycles. The molecule has 1 aromatic rings. The van der Waals surface area contributed by atoms with E-state index in [0.717, 1.165) is 6.07 Å². The number of hydrogen-bond acceptors (Lipinski definition) is 18. The second-order valence-electron chi connectivity index (χ2n) is 12.8. The van der Waals surface area contributed by atoms with E-state index in [-0.39, 0.29) is 36.3 Å². The van der Waals surface area contributed by atoms with Crippen molar-refractivity contribution in [1.29, 1.82) is 0 Å². The molecule has 0 spiro atoms. The summed E-state index contributed by atoms with van der Waals surface area (Å²) in [6.07, 6.45) is -0.376. The Kier molecular flexibility index (Phi) is 31.4. The number of anilines is 1. The number of nitro groups is 2. The van der Waals surface area contributed by atoms with Crippen LogP contribution in [0.25, 0.3) is 0 Å². The highest BCUT2D eigenvalue weighted by Gasteiger charge is 2.20. The molecular weight excluding hydrogens is 760 g/mol. The number of carbonyl (C=O) groups excluding carboxylic acids is 1. The molecular formula is C36H64N4O17. The maximum Gasteiger partial charge on any atom is 0.410 e. The molecule has 0 atom stereocenters. The van der Waals surface area contributed by atoms with E-state index in [1.54, 1.807) is 7.05 Å². The zero-order valence-electron chi connectivity index (χ0n) is 34.0. The van der Waals surface area contributed by atoms with Crippen LogP contribution in [0.15, 0.2) is 18.2 Å². The number of nitro benzene ring substituents is 2. The predicted octanol–water partition coefficient (Wildman–Crippen LogP) is 2.96. The van der Waals surface area contributed by atoms with Crippen molar-refractivity contribution in [2.75, 3.05) is 171 Å². The molecule has 21 nitrogen and oxygen atoms in total. The van der Waals surface area contributed by atoms with Gasteiger partial charge in [0.2, 0.25) is 0 Å². The van der Waals surface area contributed by atoms with Gasteiger partial charge in [0.15, 0.2) is 0 Å². The molecule has 0 fully saturated rings. The molecule has 21 heteroatoms. The predicted molar refractivity (Wildman–Crippen MR) is 206 cm³/mol. The first kappa shape index (κ1) is 51.7. The number of benzene rings is 1. The lowest BCUT2D eigenvalue weighted by Gasteiger charge is -2.24. The monoisotopic (exact) mass is 824 g/mol. The molecule has 0 unspecified atom stereocenters. The molecule has 1 N–H and O–H groups in total. The summed E-state index contributed by atoms with van der Waals surface area (Å²) < 4.78 is 65.4. The molecule has 0 radical (unpaired) electrons. The number of non-ortho nitro benzene ring substituents is 1. The smallest absolute Gasteiger partial charge is 0.410 e. The lowest BCUT2D eigenvalue weighted by molar-refractivity contribution is -0.393. The molecule has 0 bridgehead atoms. The molecule has 0 aliphatic carbocycles. The van der Waals surface area contributed by atoms with Gasteiger partial charge in [0.25, 0.3) is 11.4 Å². The van der Waals surface area contributed by atoms with Gasteiger partial charge in [0.1, 0.15) is 11.3 Å². The van der Waals surface area contributed by atoms with Crippen LogP contribution in [0.2, 0.25) is 0 Å². The highest BCUT2D eigenvalue weighted by atomic mass is 16.6. The number of ether oxygens (including phenoxy) is 12. The molecule has 0 aromatic heterocycles. The molecule has 0 aliphatic rings. The number of carbonyl (C=O) groups is 1. The van der Waals surface area contributed by atoms with E-state index in [2.05, 4.69) is 5.32 Å². The van der Waals surface area contributed by atoms with Crippen molar-refractivity contribution in [3.05, 3.63) is 38.4 Å². The van der Waals surface area contributed by atoms with E-state index in [4.69, 9.17) is 56.8 Å². The number of rotatable bonds is 39. The Morgan fingerprint density at radius 2 is 0.895 bits per heavy atom. The summed E-state index contributed by atoms with van der Waals surface area (Å²) in [5, 5.41) is 24.8. The number of hydrogen-bond donors (Lipinski definition) is 1. The molecule has 330 valence electrons. The Morgan fingerprint density at radius 1 is 0.561 bits per heavy atom. The zero-order valence-corrected chi connectivity index (χ0v) is 34.0. The third-order valence-electron chi connectivity index (χ3n) is 6.95. The van der Waals surface area contributed by atoms with Crippen LogP contribution in [0.1, 0.15) is 20.8 Å². The summed E-state index contributed by atoms with van der Waals surface area (Å²) >= 11 is 0. The average Bonchev–Trinajstić information content (AvgIpc) is 3.16. The molecule has 0 heterocycles. The minimum absolute atomic E-state index is 0.181. The standard InChI is InChI=1S/C36H64N4O17/c1-36(2,3)57-35(41)38(4)8-10-47-12-14-49-16-18-51-20-22-53-24-26-55-28-30-56-29-27-54-25-23-52-21-19-50-17-15-48-13-11-46-9-7-37-33-6-5-32(39(42)43)31-34(33)40(44)45/h5-6,31,37H,7-30H2,1-4H3. The number of amides is 1. The van der Waals surface area contributed by atoms with Gasteiger partial charge in [-0.1, -0.05) is 0 Å². The lowest BCUT2D eigenvalue weighted by atomic mass is 10.2. The summed E-state index contributed by atoms with van der Waals surface area (Å²) in [5.41, 5.74) is -1.06. The fourth-order valence-electron chi connectivity index (χ4n) is 4.13. The van der Waals surface area contributed by atoms with E-state index in [9.17, 15) is 25.0 Å². The van der Waals surface area contributed by atoms with E-state index in [1.165, 1.54) is 17.0 Å². The van der Waals surface area contributed by atoms with E-state index < -0.39 is 15.4 Å². The van der Waals surface area contributed by atoms with Gasteiger partial charge in [-0.2, -0.15) is 0 Å². The first-order valence-corrected chi connectivity index (χ1v) is 19.0. The second-order valence-corrected chi connectivity index (χ2v) is 12.8. The van der Waals surface area contributed by atoms with Gasteiger partial charge >= 0.3 is 6.09 Å². The molecule has 0 saturated heterocycles. The Hall–Kier alpha value is -3.35. The normalized spacial score (nSPS) is 11.5. The third kappa shape index (κ3) is 31.3. The molecule has 57 heavy (non-hydrogen) atoms. The van der Waals surface area contributed by atoms with Gasteiger partial charge in [-0.05, 0) is 26.8 Å². The van der Waals surface area contributed by atoms with Crippen molar-refractivity contribution in [2.45, 2.75) is 26.4 Å². The number of nitrogens with one attached hydrogen (secondary N) is 1. The van der Waals surface area contributed by atoms with Gasteiger partial charge < -0.3 is 67.1 Å². The van der Waals surface area contributed by atoms with Crippen LogP contribution < -0.4 is 5.32 Å². The molecule has 1 aromatic carbocycles. The molecule has 0 aliphatic heterocycles. The quantitative estimate of drug-likeness (QED) is 0.0571. The van der Waals surface area contributed by atoms with Crippen molar-refractivity contribution in [3.63, 3.8) is 0 Å². The summed E-state index contributed by atoms with van der Waals surface area (Å²) in [5.74, 6) is 0. The number of nitrogens with zero attached hydrogens (tertiary/aromatic N) is 3. The van der Waals surface area contributed by atoms with Crippen LogP contribution in [-0.2, 0) is 56.8 Å². The largest absolute Gasteiger partial charge is 0.444 e. The van der Waals surface area contributed by atoms with Crippen molar-refractivity contribution < 1.29 is 71.5 Å². The highest BCUT2D eigenvalue weighted by molar-refractivity contribution is 5.67. The Bertz CT molecular complexity index is 1180.